The van der Waals surface area contributed by atoms with Crippen LogP contribution in [0.15, 0.2) is 141 Å². The van der Waals surface area contributed by atoms with Gasteiger partial charge in [-0.3, -0.25) is 50.2 Å². The minimum absolute atomic E-state index is 0.0297. The van der Waals surface area contributed by atoms with Gasteiger partial charge < -0.3 is 9.47 Å². The van der Waals surface area contributed by atoms with Gasteiger partial charge in [0.15, 0.2) is 0 Å². The summed E-state index contributed by atoms with van der Waals surface area (Å²) in [6.45, 7) is 1.73. The van der Waals surface area contributed by atoms with E-state index in [-0.39, 0.29) is 22.8 Å². The summed E-state index contributed by atoms with van der Waals surface area (Å²) >= 11 is 0. The Labute approximate surface area is 380 Å². The van der Waals surface area contributed by atoms with Crippen LogP contribution in [-0.2, 0) is 23.7 Å². The van der Waals surface area contributed by atoms with Crippen LogP contribution in [0.2, 0.25) is 0 Å². The first-order valence-electron chi connectivity index (χ1n) is 20.3. The molecule has 67 heavy (non-hydrogen) atoms. The summed E-state index contributed by atoms with van der Waals surface area (Å²) in [6.07, 6.45) is 12.9. The first kappa shape index (κ1) is 44.4. The van der Waals surface area contributed by atoms with Crippen LogP contribution in [0.1, 0.15) is 28.5 Å². The third kappa shape index (κ3) is 11.1. The predicted molar refractivity (Wildman–Crippen MR) is 239 cm³/mol. The highest BCUT2D eigenvalue weighted by Crippen LogP contribution is 2.35. The fourth-order valence-corrected chi connectivity index (χ4v) is 6.87. The maximum Gasteiger partial charge on any atom is 0.327 e. The molecule has 0 bridgehead atoms. The van der Waals surface area contributed by atoms with Crippen molar-refractivity contribution >= 4 is 35.5 Å². The van der Waals surface area contributed by atoms with Crippen molar-refractivity contribution in [2.75, 3.05) is 10.6 Å². The second kappa shape index (κ2) is 19.7. The van der Waals surface area contributed by atoms with Gasteiger partial charge >= 0.3 is 12.1 Å². The minimum Gasteiger partial charge on any atom is -0.456 e. The number of benzene rings is 2. The SMILES string of the molecule is Cc1cc(NC(=O)NC(=O)C(c2ccc(F)cc2)C(C(=O)NC(=O)Nc2ccc(Oc3ccnc(-c4cnn(C)c4)c3)cn2)c2ccc(F)cc2)ncc1Oc1ccnc(-c2cnn(C)c2)c1. The summed E-state index contributed by atoms with van der Waals surface area (Å²) in [7, 11) is 3.59. The molecule has 6 aromatic heterocycles. The normalized spacial score (nSPS) is 11.8. The Kier molecular flexibility index (Phi) is 13.0. The van der Waals surface area contributed by atoms with Crippen molar-refractivity contribution in [3.8, 4) is 45.5 Å². The highest BCUT2D eigenvalue weighted by Gasteiger charge is 2.38. The maximum absolute atomic E-state index is 14.2. The molecular weight excluding hydrogens is 867 g/mol. The molecule has 0 aliphatic carbocycles. The lowest BCUT2D eigenvalue weighted by Crippen LogP contribution is -2.45. The average Bonchev–Trinajstić information content (AvgIpc) is 3.96. The van der Waals surface area contributed by atoms with Crippen LogP contribution in [-0.4, -0.2) is 63.4 Å². The Morgan fingerprint density at radius 2 is 1.04 bits per heavy atom. The Bertz CT molecular complexity index is 3090. The quantitative estimate of drug-likeness (QED) is 0.0870. The number of halogens is 2. The predicted octanol–water partition coefficient (Wildman–Crippen LogP) is 7.80. The van der Waals surface area contributed by atoms with Gasteiger partial charge in [-0.1, -0.05) is 24.3 Å². The fraction of sp³-hybridized carbons (Fsp3) is 0.106. The lowest BCUT2D eigenvalue weighted by Gasteiger charge is -2.26. The van der Waals surface area contributed by atoms with Gasteiger partial charge in [0.25, 0.3) is 0 Å². The number of amides is 6. The third-order valence-corrected chi connectivity index (χ3v) is 10.0. The number of urea groups is 2. The molecule has 0 aliphatic heterocycles. The van der Waals surface area contributed by atoms with E-state index in [4.69, 9.17) is 9.47 Å². The number of aromatic nitrogens is 8. The van der Waals surface area contributed by atoms with Crippen LogP contribution in [0, 0.1) is 18.6 Å². The fourth-order valence-electron chi connectivity index (χ4n) is 6.87. The van der Waals surface area contributed by atoms with Gasteiger partial charge in [0.05, 0.1) is 48.0 Å². The minimum atomic E-state index is -1.58. The van der Waals surface area contributed by atoms with Gasteiger partial charge in [-0.05, 0) is 78.2 Å². The van der Waals surface area contributed by atoms with Gasteiger partial charge in [0.2, 0.25) is 11.8 Å². The summed E-state index contributed by atoms with van der Waals surface area (Å²) in [5.41, 5.74) is 3.62. The van der Waals surface area contributed by atoms with E-state index in [0.29, 0.717) is 39.9 Å². The Morgan fingerprint density at radius 1 is 0.552 bits per heavy atom. The van der Waals surface area contributed by atoms with Crippen molar-refractivity contribution < 1.29 is 37.4 Å². The van der Waals surface area contributed by atoms with Crippen LogP contribution in [0.4, 0.5) is 30.0 Å². The molecule has 0 spiro atoms. The van der Waals surface area contributed by atoms with Crippen LogP contribution in [0.3, 0.4) is 0 Å². The number of carbonyl (C=O) groups excluding carboxylic acids is 4. The zero-order valence-electron chi connectivity index (χ0n) is 35.7. The number of aryl methyl sites for hydroxylation is 3. The lowest BCUT2D eigenvalue weighted by atomic mass is 9.80. The Morgan fingerprint density at radius 3 is 1.51 bits per heavy atom. The molecule has 6 heterocycles. The molecular formula is C47H38F2N12O6. The largest absolute Gasteiger partial charge is 0.456 e. The summed E-state index contributed by atoms with van der Waals surface area (Å²) in [4.78, 5) is 72.3. The van der Waals surface area contributed by atoms with Crippen molar-refractivity contribution in [3.63, 3.8) is 0 Å². The highest BCUT2D eigenvalue weighted by atomic mass is 19.1. The summed E-state index contributed by atoms with van der Waals surface area (Å²) in [5, 5.41) is 17.8. The van der Waals surface area contributed by atoms with E-state index in [9.17, 15) is 28.0 Å². The van der Waals surface area contributed by atoms with Crippen molar-refractivity contribution in [2.24, 2.45) is 14.1 Å². The molecule has 20 heteroatoms. The molecule has 2 unspecified atom stereocenters. The van der Waals surface area contributed by atoms with E-state index in [2.05, 4.69) is 51.4 Å². The molecule has 0 radical (unpaired) electrons. The standard InChI is InChI=1S/C47H38F2N12O6/c1-27-18-41(53-24-39(27)67-35-15-17-51-38(20-35)31-22-55-61(3)26-31)57-47(65)59-45(63)43(29-6-10-33(49)11-7-29)42(28-4-8-32(48)9-5-28)44(62)58-46(64)56-40-13-12-36(23-52-40)66-34-14-16-50-37(19-34)30-21-54-60(2)25-30/h4-26,42-43H,1-3H3,(H2,52,56,58,62,64)(H2,53,57,59,63,65). The van der Waals surface area contributed by atoms with E-state index in [1.807, 2.05) is 12.4 Å². The number of nitrogens with one attached hydrogen (secondary N) is 4. The van der Waals surface area contributed by atoms with Gasteiger partial charge in [0.1, 0.15) is 46.3 Å². The Hall–Kier alpha value is -9.20. The molecule has 4 N–H and O–H groups in total. The van der Waals surface area contributed by atoms with Crippen molar-refractivity contribution in [1.82, 2.24) is 50.1 Å². The number of hydrogen-bond acceptors (Lipinski definition) is 12. The van der Waals surface area contributed by atoms with Crippen molar-refractivity contribution in [3.05, 3.63) is 169 Å². The van der Waals surface area contributed by atoms with Gasteiger partial charge in [-0.15, -0.1) is 0 Å². The van der Waals surface area contributed by atoms with E-state index in [1.54, 1.807) is 79.4 Å². The average molecular weight is 905 g/mol. The number of imide groups is 2. The molecule has 2 aromatic carbocycles. The number of carbonyl (C=O) groups is 4. The number of rotatable bonds is 13. The monoisotopic (exact) mass is 904 g/mol. The van der Waals surface area contributed by atoms with E-state index < -0.39 is 47.3 Å². The summed E-state index contributed by atoms with van der Waals surface area (Å²) < 4.78 is 43.7. The van der Waals surface area contributed by atoms with Crippen LogP contribution in [0.25, 0.3) is 22.5 Å². The number of nitrogens with zero attached hydrogens (tertiary/aromatic N) is 8. The lowest BCUT2D eigenvalue weighted by molar-refractivity contribution is -0.128. The first-order valence-corrected chi connectivity index (χ1v) is 20.3. The molecule has 0 aliphatic rings. The topological polar surface area (TPSA) is 222 Å². The number of anilines is 2. The molecule has 336 valence electrons. The van der Waals surface area contributed by atoms with Crippen LogP contribution < -0.4 is 30.7 Å². The molecule has 0 fully saturated rings. The summed E-state index contributed by atoms with van der Waals surface area (Å²) in [5.74, 6) is -4.77. The van der Waals surface area contributed by atoms with Gasteiger partial charge in [-0.25, -0.2) is 28.3 Å². The van der Waals surface area contributed by atoms with Crippen molar-refractivity contribution in [2.45, 2.75) is 18.8 Å². The molecule has 0 saturated carbocycles. The Balaban J connectivity index is 0.957. The zero-order valence-corrected chi connectivity index (χ0v) is 35.7. The highest BCUT2D eigenvalue weighted by molar-refractivity contribution is 6.08. The molecule has 8 aromatic rings. The molecule has 2 atom stereocenters. The maximum atomic E-state index is 14.2. The number of pyridine rings is 4. The number of ether oxygens (including phenoxy) is 2. The van der Waals surface area contributed by atoms with E-state index in [0.717, 1.165) is 35.4 Å². The van der Waals surface area contributed by atoms with Gasteiger partial charge in [0, 0.05) is 62.1 Å². The van der Waals surface area contributed by atoms with Crippen LogP contribution in [0.5, 0.6) is 23.0 Å². The summed E-state index contributed by atoms with van der Waals surface area (Å²) in [6, 6.07) is 18.5. The molecule has 8 rings (SSSR count). The smallest absolute Gasteiger partial charge is 0.327 e. The number of hydrogen-bond donors (Lipinski definition) is 4. The molecule has 18 nitrogen and oxygen atoms in total. The molecule has 6 amide bonds. The second-order valence-corrected chi connectivity index (χ2v) is 14.9. The van der Waals surface area contributed by atoms with Crippen LogP contribution >= 0.6 is 0 Å². The molecule has 0 saturated heterocycles. The third-order valence-electron chi connectivity index (χ3n) is 10.0. The zero-order chi connectivity index (χ0) is 47.0. The van der Waals surface area contributed by atoms with E-state index >= 15 is 0 Å². The van der Waals surface area contributed by atoms with Gasteiger partial charge in [-0.2, -0.15) is 10.2 Å². The van der Waals surface area contributed by atoms with E-state index in [1.165, 1.54) is 54.9 Å². The first-order chi connectivity index (χ1) is 32.3. The van der Waals surface area contributed by atoms with Crippen molar-refractivity contribution in [1.29, 1.82) is 0 Å². The second-order valence-electron chi connectivity index (χ2n) is 14.9.